The number of thioether (sulfide) groups is 1. The second-order valence-corrected chi connectivity index (χ2v) is 6.91. The highest BCUT2D eigenvalue weighted by Gasteiger charge is 2.23. The standard InChI is InChI=1S/C18H21NO3S/c1-14-5-2-3-6-15(14)22-13-18(20)19-9-8-17(23-12-10-19)16-7-4-11-21-16/h2-7,11,17H,8-10,12-13H2,1H3/t17-/m1/s1. The predicted molar refractivity (Wildman–Crippen MR) is 91.8 cm³/mol. The van der Waals surface area contributed by atoms with Crippen LogP contribution < -0.4 is 4.74 Å². The minimum absolute atomic E-state index is 0.0500. The molecule has 1 fully saturated rings. The van der Waals surface area contributed by atoms with Crippen molar-refractivity contribution in [2.24, 2.45) is 0 Å². The lowest BCUT2D eigenvalue weighted by Crippen LogP contribution is -2.36. The predicted octanol–water partition coefficient (Wildman–Crippen LogP) is 3.67. The van der Waals surface area contributed by atoms with Crippen molar-refractivity contribution in [1.29, 1.82) is 0 Å². The highest BCUT2D eigenvalue weighted by atomic mass is 32.2. The van der Waals surface area contributed by atoms with Crippen LogP contribution in [-0.4, -0.2) is 36.3 Å². The van der Waals surface area contributed by atoms with Gasteiger partial charge in [0.1, 0.15) is 11.5 Å². The number of rotatable bonds is 4. The zero-order chi connectivity index (χ0) is 16.1. The van der Waals surface area contributed by atoms with Crippen LogP contribution in [0.1, 0.15) is 23.0 Å². The van der Waals surface area contributed by atoms with Gasteiger partial charge in [0.15, 0.2) is 6.61 Å². The SMILES string of the molecule is Cc1ccccc1OCC(=O)N1CCS[C@@H](c2ccco2)CC1. The molecule has 0 aliphatic carbocycles. The second kappa shape index (κ2) is 7.59. The fourth-order valence-electron chi connectivity index (χ4n) is 2.67. The number of carbonyl (C=O) groups excluding carboxylic acids is 1. The van der Waals surface area contributed by atoms with Crippen LogP contribution in [0.25, 0.3) is 0 Å². The molecular weight excluding hydrogens is 310 g/mol. The summed E-state index contributed by atoms with van der Waals surface area (Å²) in [7, 11) is 0. The minimum Gasteiger partial charge on any atom is -0.484 e. The molecule has 122 valence electrons. The van der Waals surface area contributed by atoms with Gasteiger partial charge in [-0.15, -0.1) is 11.8 Å². The van der Waals surface area contributed by atoms with Crippen LogP contribution in [0.5, 0.6) is 5.75 Å². The molecule has 1 aliphatic rings. The summed E-state index contributed by atoms with van der Waals surface area (Å²) < 4.78 is 11.2. The summed E-state index contributed by atoms with van der Waals surface area (Å²) in [4.78, 5) is 14.3. The molecule has 1 aliphatic heterocycles. The maximum atomic E-state index is 12.4. The first-order valence-corrected chi connectivity index (χ1v) is 8.90. The molecule has 0 saturated carbocycles. The van der Waals surface area contributed by atoms with Gasteiger partial charge >= 0.3 is 0 Å². The van der Waals surface area contributed by atoms with E-state index in [4.69, 9.17) is 9.15 Å². The van der Waals surface area contributed by atoms with Crippen LogP contribution >= 0.6 is 11.8 Å². The number of furan rings is 1. The first-order chi connectivity index (χ1) is 11.2. The molecule has 5 heteroatoms. The maximum Gasteiger partial charge on any atom is 0.260 e. The minimum atomic E-state index is 0.0500. The van der Waals surface area contributed by atoms with Gasteiger partial charge in [0, 0.05) is 18.8 Å². The molecule has 0 N–H and O–H groups in total. The molecule has 0 unspecified atom stereocenters. The largest absolute Gasteiger partial charge is 0.484 e. The number of benzene rings is 1. The van der Waals surface area contributed by atoms with E-state index in [1.807, 2.05) is 60.0 Å². The van der Waals surface area contributed by atoms with Crippen molar-refractivity contribution in [1.82, 2.24) is 4.90 Å². The molecule has 3 rings (SSSR count). The molecule has 4 nitrogen and oxygen atoms in total. The smallest absolute Gasteiger partial charge is 0.260 e. The van der Waals surface area contributed by atoms with Crippen LogP contribution in [0, 0.1) is 6.92 Å². The Morgan fingerprint density at radius 2 is 2.17 bits per heavy atom. The summed E-state index contributed by atoms with van der Waals surface area (Å²) in [6.07, 6.45) is 2.62. The van der Waals surface area contributed by atoms with E-state index in [-0.39, 0.29) is 12.5 Å². The number of ether oxygens (including phenoxy) is 1. The van der Waals surface area contributed by atoms with Gasteiger partial charge in [-0.25, -0.2) is 0 Å². The third-order valence-electron chi connectivity index (χ3n) is 4.00. The molecule has 1 amide bonds. The first kappa shape index (κ1) is 16.0. The molecule has 23 heavy (non-hydrogen) atoms. The summed E-state index contributed by atoms with van der Waals surface area (Å²) in [6, 6.07) is 11.7. The van der Waals surface area contributed by atoms with Gasteiger partial charge in [0.05, 0.1) is 11.5 Å². The Morgan fingerprint density at radius 3 is 2.96 bits per heavy atom. The van der Waals surface area contributed by atoms with Crippen molar-refractivity contribution in [2.75, 3.05) is 25.4 Å². The molecule has 1 aromatic heterocycles. The molecule has 1 atom stereocenters. The van der Waals surface area contributed by atoms with Crippen molar-refractivity contribution in [3.05, 3.63) is 54.0 Å². The highest BCUT2D eigenvalue weighted by Crippen LogP contribution is 2.34. The number of carbonyl (C=O) groups is 1. The molecule has 2 aromatic rings. The van der Waals surface area contributed by atoms with Crippen molar-refractivity contribution < 1.29 is 13.9 Å². The van der Waals surface area contributed by atoms with E-state index in [0.717, 1.165) is 42.3 Å². The van der Waals surface area contributed by atoms with Gasteiger partial charge < -0.3 is 14.1 Å². The van der Waals surface area contributed by atoms with Crippen molar-refractivity contribution in [3.8, 4) is 5.75 Å². The Morgan fingerprint density at radius 1 is 1.30 bits per heavy atom. The Balaban J connectivity index is 1.53. The Hall–Kier alpha value is -1.88. The fraction of sp³-hybridized carbons (Fsp3) is 0.389. The molecule has 1 aromatic carbocycles. The van der Waals surface area contributed by atoms with E-state index in [1.165, 1.54) is 0 Å². The lowest BCUT2D eigenvalue weighted by atomic mass is 10.2. The third-order valence-corrected chi connectivity index (χ3v) is 5.29. The molecule has 0 bridgehead atoms. The number of hydrogen-bond donors (Lipinski definition) is 0. The van der Waals surface area contributed by atoms with E-state index < -0.39 is 0 Å². The van der Waals surface area contributed by atoms with Crippen LogP contribution in [-0.2, 0) is 4.79 Å². The van der Waals surface area contributed by atoms with Crippen LogP contribution in [0.4, 0.5) is 0 Å². The van der Waals surface area contributed by atoms with Gasteiger partial charge in [-0.2, -0.15) is 0 Å². The number of amides is 1. The lowest BCUT2D eigenvalue weighted by molar-refractivity contribution is -0.133. The normalized spacial score (nSPS) is 18.5. The molecular formula is C18H21NO3S. The van der Waals surface area contributed by atoms with Gasteiger partial charge in [0.2, 0.25) is 0 Å². The summed E-state index contributed by atoms with van der Waals surface area (Å²) in [5.74, 6) is 2.74. The monoisotopic (exact) mass is 331 g/mol. The van der Waals surface area contributed by atoms with Crippen LogP contribution in [0.15, 0.2) is 47.1 Å². The highest BCUT2D eigenvalue weighted by molar-refractivity contribution is 7.99. The quantitative estimate of drug-likeness (QED) is 0.857. The van der Waals surface area contributed by atoms with E-state index in [2.05, 4.69) is 0 Å². The third kappa shape index (κ3) is 4.10. The zero-order valence-electron chi connectivity index (χ0n) is 13.2. The van der Waals surface area contributed by atoms with Crippen molar-refractivity contribution in [2.45, 2.75) is 18.6 Å². The van der Waals surface area contributed by atoms with Gasteiger partial charge in [0.25, 0.3) is 5.91 Å². The number of aryl methyl sites for hydroxylation is 1. The second-order valence-electron chi connectivity index (χ2n) is 5.60. The fourth-order valence-corrected chi connectivity index (χ4v) is 3.85. The molecule has 1 saturated heterocycles. The average Bonchev–Trinajstić information content (AvgIpc) is 2.98. The Labute approximate surface area is 140 Å². The topological polar surface area (TPSA) is 42.7 Å². The number of nitrogens with zero attached hydrogens (tertiary/aromatic N) is 1. The van der Waals surface area contributed by atoms with E-state index in [9.17, 15) is 4.79 Å². The molecule has 2 heterocycles. The van der Waals surface area contributed by atoms with Gasteiger partial charge in [-0.05, 0) is 37.1 Å². The summed E-state index contributed by atoms with van der Waals surface area (Å²) in [6.45, 7) is 3.59. The maximum absolute atomic E-state index is 12.4. The van der Waals surface area contributed by atoms with Crippen LogP contribution in [0.3, 0.4) is 0 Å². The van der Waals surface area contributed by atoms with Gasteiger partial charge in [-0.3, -0.25) is 4.79 Å². The number of hydrogen-bond acceptors (Lipinski definition) is 4. The molecule has 0 spiro atoms. The summed E-state index contributed by atoms with van der Waals surface area (Å²) in [5, 5.41) is 0.333. The lowest BCUT2D eigenvalue weighted by Gasteiger charge is -2.20. The zero-order valence-corrected chi connectivity index (χ0v) is 14.1. The van der Waals surface area contributed by atoms with Crippen LogP contribution in [0.2, 0.25) is 0 Å². The van der Waals surface area contributed by atoms with Gasteiger partial charge in [-0.1, -0.05) is 18.2 Å². The van der Waals surface area contributed by atoms with E-state index >= 15 is 0 Å². The Kier molecular flexibility index (Phi) is 5.28. The first-order valence-electron chi connectivity index (χ1n) is 7.85. The number of para-hydroxylation sites is 1. The summed E-state index contributed by atoms with van der Waals surface area (Å²) in [5.41, 5.74) is 1.05. The summed E-state index contributed by atoms with van der Waals surface area (Å²) >= 11 is 1.85. The van der Waals surface area contributed by atoms with Crippen molar-refractivity contribution >= 4 is 17.7 Å². The van der Waals surface area contributed by atoms with E-state index in [1.54, 1.807) is 6.26 Å². The van der Waals surface area contributed by atoms with E-state index in [0.29, 0.717) is 5.25 Å². The average molecular weight is 331 g/mol. The van der Waals surface area contributed by atoms with Crippen molar-refractivity contribution in [3.63, 3.8) is 0 Å². The Bertz CT molecular complexity index is 641. The molecule has 0 radical (unpaired) electrons.